The van der Waals surface area contributed by atoms with E-state index in [2.05, 4.69) is 0 Å². The van der Waals surface area contributed by atoms with Gasteiger partial charge in [-0.1, -0.05) is 0 Å². The molecular weight excluding hydrogens is 346 g/mol. The molecule has 0 spiro atoms. The lowest BCUT2D eigenvalue weighted by Gasteiger charge is -2.47. The van der Waals surface area contributed by atoms with Gasteiger partial charge in [0.1, 0.15) is 5.75 Å². The lowest BCUT2D eigenvalue weighted by Crippen LogP contribution is -2.67. The van der Waals surface area contributed by atoms with Crippen molar-refractivity contribution < 1.29 is 22.7 Å². The summed E-state index contributed by atoms with van der Waals surface area (Å²) in [5, 5.41) is 0. The Hall–Kier alpha value is -2.13. The summed E-state index contributed by atoms with van der Waals surface area (Å²) in [7, 11) is -2.54. The molecule has 1 atom stereocenters. The van der Waals surface area contributed by atoms with Crippen LogP contribution >= 0.6 is 0 Å². The van der Waals surface area contributed by atoms with E-state index in [4.69, 9.17) is 10.5 Å². The lowest BCUT2D eigenvalue weighted by atomic mass is 10.0. The monoisotopic (exact) mass is 369 g/mol. The van der Waals surface area contributed by atoms with Crippen molar-refractivity contribution in [2.45, 2.75) is 43.8 Å². The van der Waals surface area contributed by atoms with Crippen LogP contribution in [0.1, 0.15) is 27.2 Å². The molecule has 0 aliphatic carbocycles. The fourth-order valence-corrected chi connectivity index (χ4v) is 4.40. The van der Waals surface area contributed by atoms with Crippen LogP contribution in [0.3, 0.4) is 0 Å². The number of nitrogens with zero attached hydrogens (tertiary/aromatic N) is 2. The topological polar surface area (TPSA) is 110 Å². The van der Waals surface area contributed by atoms with Gasteiger partial charge in [-0.25, -0.2) is 8.42 Å². The van der Waals surface area contributed by atoms with E-state index in [0.717, 1.165) is 4.31 Å². The van der Waals surface area contributed by atoms with E-state index >= 15 is 0 Å². The minimum Gasteiger partial charge on any atom is -0.497 e. The van der Waals surface area contributed by atoms with Gasteiger partial charge in [-0.15, -0.1) is 0 Å². The fourth-order valence-electron chi connectivity index (χ4n) is 2.86. The number of methoxy groups -OCH3 is 1. The molecule has 1 heterocycles. The zero-order chi connectivity index (χ0) is 19.0. The molecule has 1 aliphatic heterocycles. The molecule has 138 valence electrons. The molecule has 1 aliphatic rings. The molecule has 2 N–H and O–H groups in total. The van der Waals surface area contributed by atoms with E-state index < -0.39 is 27.6 Å². The zero-order valence-electron chi connectivity index (χ0n) is 14.7. The summed E-state index contributed by atoms with van der Waals surface area (Å²) in [4.78, 5) is 25.6. The number of carbonyl (C=O) groups excluding carboxylic acids is 2. The first-order valence-corrected chi connectivity index (χ1v) is 9.21. The number of benzene rings is 1. The fraction of sp³-hybridized carbons (Fsp3) is 0.500. The number of hydrogen-bond donors (Lipinski definition) is 1. The summed E-state index contributed by atoms with van der Waals surface area (Å²) < 4.78 is 32.1. The van der Waals surface area contributed by atoms with E-state index in [1.54, 1.807) is 20.8 Å². The number of nitrogens with two attached hydrogens (primary N) is 1. The van der Waals surface area contributed by atoms with Gasteiger partial charge >= 0.3 is 0 Å². The summed E-state index contributed by atoms with van der Waals surface area (Å²) >= 11 is 0. The van der Waals surface area contributed by atoms with Gasteiger partial charge in [0.25, 0.3) is 5.91 Å². The number of rotatable bonds is 4. The summed E-state index contributed by atoms with van der Waals surface area (Å²) in [6.07, 6.45) is -1.38. The van der Waals surface area contributed by atoms with Crippen LogP contribution in [-0.2, 0) is 19.6 Å². The van der Waals surface area contributed by atoms with Crippen molar-refractivity contribution in [1.29, 1.82) is 0 Å². The Morgan fingerprint density at radius 2 is 1.80 bits per heavy atom. The second-order valence-corrected chi connectivity index (χ2v) is 8.64. The molecule has 2 rings (SSSR count). The first-order chi connectivity index (χ1) is 11.5. The number of primary amides is 1. The van der Waals surface area contributed by atoms with Crippen LogP contribution in [0.5, 0.6) is 5.75 Å². The standard InChI is InChI=1S/C16H23N3O5S/c1-16(2,3)19-13(20)9-10-18(15(19)14(17)21)25(22,23)12-7-5-11(24-4)6-8-12/h5-8,15H,9-10H2,1-4H3,(H2,17,21)/t15-/m0/s1. The predicted octanol–water partition coefficient (Wildman–Crippen LogP) is 0.528. The van der Waals surface area contributed by atoms with Gasteiger partial charge in [-0.3, -0.25) is 9.59 Å². The van der Waals surface area contributed by atoms with Crippen molar-refractivity contribution in [1.82, 2.24) is 9.21 Å². The Morgan fingerprint density at radius 3 is 2.24 bits per heavy atom. The number of sulfonamides is 1. The Bertz CT molecular complexity index is 768. The van der Waals surface area contributed by atoms with Gasteiger partial charge < -0.3 is 15.4 Å². The molecule has 9 heteroatoms. The van der Waals surface area contributed by atoms with Crippen molar-refractivity contribution in [3.63, 3.8) is 0 Å². The van der Waals surface area contributed by atoms with Gasteiger partial charge in [-0.05, 0) is 45.0 Å². The number of hydrogen-bond acceptors (Lipinski definition) is 5. The van der Waals surface area contributed by atoms with Gasteiger partial charge in [0, 0.05) is 18.5 Å². The van der Waals surface area contributed by atoms with Crippen LogP contribution < -0.4 is 10.5 Å². The van der Waals surface area contributed by atoms with E-state index in [0.29, 0.717) is 5.75 Å². The molecule has 1 fully saturated rings. The molecule has 1 aromatic carbocycles. The zero-order valence-corrected chi connectivity index (χ0v) is 15.5. The van der Waals surface area contributed by atoms with E-state index in [1.807, 2.05) is 0 Å². The molecule has 0 aromatic heterocycles. The molecule has 0 unspecified atom stereocenters. The van der Waals surface area contributed by atoms with Crippen molar-refractivity contribution in [2.24, 2.45) is 5.73 Å². The Morgan fingerprint density at radius 1 is 1.24 bits per heavy atom. The summed E-state index contributed by atoms with van der Waals surface area (Å²) in [5.41, 5.74) is 4.71. The SMILES string of the molecule is COc1ccc(S(=O)(=O)N2CCC(=O)N(C(C)(C)C)[C@H]2C(N)=O)cc1. The highest BCUT2D eigenvalue weighted by Gasteiger charge is 2.47. The van der Waals surface area contributed by atoms with Gasteiger partial charge in [0.05, 0.1) is 12.0 Å². The molecule has 8 nitrogen and oxygen atoms in total. The molecule has 1 aromatic rings. The number of ether oxygens (including phenoxy) is 1. The van der Waals surface area contributed by atoms with E-state index in [-0.39, 0.29) is 23.8 Å². The maximum Gasteiger partial charge on any atom is 0.256 e. The van der Waals surface area contributed by atoms with Crippen molar-refractivity contribution >= 4 is 21.8 Å². The van der Waals surface area contributed by atoms with Gasteiger partial charge in [-0.2, -0.15) is 4.31 Å². The highest BCUT2D eigenvalue weighted by atomic mass is 32.2. The average molecular weight is 369 g/mol. The Kier molecular flexibility index (Phi) is 5.10. The van der Waals surface area contributed by atoms with Crippen LogP contribution in [0.4, 0.5) is 0 Å². The van der Waals surface area contributed by atoms with Crippen LogP contribution in [-0.4, -0.2) is 54.8 Å². The minimum absolute atomic E-state index is 0.00255. The third-order valence-corrected chi connectivity index (χ3v) is 5.84. The summed E-state index contributed by atoms with van der Waals surface area (Å²) in [6, 6.07) is 5.82. The quantitative estimate of drug-likeness (QED) is 0.832. The minimum atomic E-state index is -4.01. The second kappa shape index (κ2) is 6.64. The highest BCUT2D eigenvalue weighted by molar-refractivity contribution is 7.89. The maximum atomic E-state index is 13.0. The molecule has 0 bridgehead atoms. The Balaban J connectivity index is 2.50. The van der Waals surface area contributed by atoms with Gasteiger partial charge in [0.2, 0.25) is 15.9 Å². The smallest absolute Gasteiger partial charge is 0.256 e. The molecule has 25 heavy (non-hydrogen) atoms. The highest BCUT2D eigenvalue weighted by Crippen LogP contribution is 2.30. The van der Waals surface area contributed by atoms with Crippen LogP contribution in [0.25, 0.3) is 0 Å². The van der Waals surface area contributed by atoms with Crippen LogP contribution in [0.2, 0.25) is 0 Å². The largest absolute Gasteiger partial charge is 0.497 e. The van der Waals surface area contributed by atoms with Gasteiger partial charge in [0.15, 0.2) is 6.17 Å². The molecule has 2 amide bonds. The third kappa shape index (κ3) is 3.62. The first kappa shape index (κ1) is 19.2. The van der Waals surface area contributed by atoms with E-state index in [1.165, 1.54) is 36.3 Å². The first-order valence-electron chi connectivity index (χ1n) is 7.77. The van der Waals surface area contributed by atoms with Crippen LogP contribution in [0, 0.1) is 0 Å². The predicted molar refractivity (Wildman–Crippen MR) is 91.1 cm³/mol. The number of carbonyl (C=O) groups is 2. The molecule has 1 saturated heterocycles. The van der Waals surface area contributed by atoms with Crippen LogP contribution in [0.15, 0.2) is 29.2 Å². The molecule has 0 saturated carbocycles. The van der Waals surface area contributed by atoms with Crippen molar-refractivity contribution in [3.05, 3.63) is 24.3 Å². The summed E-state index contributed by atoms with van der Waals surface area (Å²) in [6.45, 7) is 5.08. The molecular formula is C16H23N3O5S. The maximum absolute atomic E-state index is 13.0. The Labute approximate surface area is 147 Å². The molecule has 0 radical (unpaired) electrons. The van der Waals surface area contributed by atoms with E-state index in [9.17, 15) is 18.0 Å². The number of amides is 2. The van der Waals surface area contributed by atoms with Crippen molar-refractivity contribution in [3.8, 4) is 5.75 Å². The third-order valence-electron chi connectivity index (χ3n) is 3.98. The summed E-state index contributed by atoms with van der Waals surface area (Å²) in [5.74, 6) is -0.687. The average Bonchev–Trinajstić information content (AvgIpc) is 2.53. The second-order valence-electron chi connectivity index (χ2n) is 6.75. The lowest BCUT2D eigenvalue weighted by molar-refractivity contribution is -0.155. The normalized spacial score (nSPS) is 19.8. The van der Waals surface area contributed by atoms with Crippen molar-refractivity contribution in [2.75, 3.05) is 13.7 Å².